The van der Waals surface area contributed by atoms with Crippen LogP contribution in [-0.2, 0) is 9.53 Å². The second kappa shape index (κ2) is 8.65. The summed E-state index contributed by atoms with van der Waals surface area (Å²) in [4.78, 5) is 17.3. The Morgan fingerprint density at radius 1 is 1.19 bits per heavy atom. The molecule has 4 nitrogen and oxygen atoms in total. The van der Waals surface area contributed by atoms with E-state index in [4.69, 9.17) is 27.9 Å². The Morgan fingerprint density at radius 3 is 2.56 bits per heavy atom. The van der Waals surface area contributed by atoms with Crippen LogP contribution in [0.2, 0.25) is 10.0 Å². The van der Waals surface area contributed by atoms with Crippen LogP contribution in [0.15, 0.2) is 69.8 Å². The van der Waals surface area contributed by atoms with E-state index in [0.29, 0.717) is 25.7 Å². The molecule has 27 heavy (non-hydrogen) atoms. The molecule has 0 aliphatic carbocycles. The van der Waals surface area contributed by atoms with Crippen molar-refractivity contribution >= 4 is 57.7 Å². The lowest BCUT2D eigenvalue weighted by Crippen LogP contribution is -2.12. The van der Waals surface area contributed by atoms with Gasteiger partial charge in [-0.2, -0.15) is 0 Å². The van der Waals surface area contributed by atoms with Crippen molar-refractivity contribution in [3.05, 3.63) is 80.4 Å². The molecule has 1 N–H and O–H groups in total. The van der Waals surface area contributed by atoms with Crippen molar-refractivity contribution in [2.45, 2.75) is 6.92 Å². The van der Waals surface area contributed by atoms with Crippen LogP contribution < -0.4 is 0 Å². The smallest absolute Gasteiger partial charge is 0.344 e. The van der Waals surface area contributed by atoms with Gasteiger partial charge in [0.25, 0.3) is 0 Å². The lowest BCUT2D eigenvalue weighted by Gasteiger charge is -2.03. The highest BCUT2D eigenvalue weighted by molar-refractivity contribution is 8.18. The van der Waals surface area contributed by atoms with E-state index in [-0.39, 0.29) is 17.9 Å². The number of aliphatic hydroxyl groups excluding tert-OH is 1. The minimum atomic E-state index is -0.627. The van der Waals surface area contributed by atoms with Crippen molar-refractivity contribution in [2.75, 3.05) is 6.61 Å². The van der Waals surface area contributed by atoms with E-state index in [1.165, 1.54) is 11.8 Å². The van der Waals surface area contributed by atoms with E-state index in [9.17, 15) is 9.90 Å². The van der Waals surface area contributed by atoms with Gasteiger partial charge in [0.1, 0.15) is 16.4 Å². The molecule has 0 radical (unpaired) electrons. The van der Waals surface area contributed by atoms with Crippen molar-refractivity contribution in [1.29, 1.82) is 0 Å². The average molecular weight is 420 g/mol. The topological polar surface area (TPSA) is 58.9 Å². The van der Waals surface area contributed by atoms with Crippen LogP contribution in [0.1, 0.15) is 12.5 Å². The number of aliphatic imine (C=N–C) groups is 1. The Labute approximate surface area is 171 Å². The first-order valence-corrected chi connectivity index (χ1v) is 9.66. The van der Waals surface area contributed by atoms with E-state index >= 15 is 0 Å². The quantitative estimate of drug-likeness (QED) is 0.600. The molecule has 0 atom stereocenters. The Kier molecular flexibility index (Phi) is 6.26. The number of hydrogen-bond acceptors (Lipinski definition) is 5. The highest BCUT2D eigenvalue weighted by Crippen LogP contribution is 2.40. The average Bonchev–Trinajstić information content (AvgIpc) is 2.94. The van der Waals surface area contributed by atoms with Gasteiger partial charge in [-0.1, -0.05) is 53.2 Å². The molecule has 138 valence electrons. The zero-order valence-electron chi connectivity index (χ0n) is 14.3. The maximum atomic E-state index is 12.4. The first-order valence-electron chi connectivity index (χ1n) is 8.09. The minimum absolute atomic E-state index is 0.0371. The zero-order valence-corrected chi connectivity index (χ0v) is 16.6. The standard InChI is InChI=1S/C20H15Cl2NO3S/c1-2-26-20(25)17-18(24)16(11-12-5-3-4-6-15(12)22)27-19(17)23-14-9-7-13(21)8-10-14/h3-11,24H,2H2,1H3. The number of rotatable bonds is 4. The highest BCUT2D eigenvalue weighted by Gasteiger charge is 2.33. The van der Waals surface area contributed by atoms with Crippen LogP contribution in [0, 0.1) is 0 Å². The molecule has 0 saturated carbocycles. The molecule has 0 amide bonds. The zero-order chi connectivity index (χ0) is 19.4. The molecule has 0 aromatic heterocycles. The molecular formula is C20H15Cl2NO3S. The van der Waals surface area contributed by atoms with Gasteiger partial charge >= 0.3 is 5.97 Å². The lowest BCUT2D eigenvalue weighted by atomic mass is 10.1. The summed E-state index contributed by atoms with van der Waals surface area (Å²) in [5.41, 5.74) is 1.37. The monoisotopic (exact) mass is 419 g/mol. The van der Waals surface area contributed by atoms with Crippen molar-refractivity contribution < 1.29 is 14.6 Å². The van der Waals surface area contributed by atoms with Gasteiger partial charge in [0.2, 0.25) is 0 Å². The molecule has 3 rings (SSSR count). The van der Waals surface area contributed by atoms with Crippen LogP contribution in [0.25, 0.3) is 6.08 Å². The maximum absolute atomic E-state index is 12.4. The minimum Gasteiger partial charge on any atom is -0.506 e. The number of halogens is 2. The van der Waals surface area contributed by atoms with Crippen molar-refractivity contribution in [3.63, 3.8) is 0 Å². The van der Waals surface area contributed by atoms with Crippen LogP contribution in [0.4, 0.5) is 5.69 Å². The second-order valence-corrected chi connectivity index (χ2v) is 7.34. The number of carbonyl (C=O) groups excluding carboxylic acids is 1. The molecule has 1 aliphatic heterocycles. The highest BCUT2D eigenvalue weighted by atomic mass is 35.5. The van der Waals surface area contributed by atoms with Gasteiger partial charge < -0.3 is 9.84 Å². The maximum Gasteiger partial charge on any atom is 0.344 e. The number of nitrogens with zero attached hydrogens (tertiary/aromatic N) is 1. The summed E-state index contributed by atoms with van der Waals surface area (Å²) < 4.78 is 5.08. The van der Waals surface area contributed by atoms with Gasteiger partial charge in [-0.05, 0) is 48.9 Å². The summed E-state index contributed by atoms with van der Waals surface area (Å²) in [6, 6.07) is 14.1. The van der Waals surface area contributed by atoms with Gasteiger partial charge in [-0.3, -0.25) is 0 Å². The molecule has 1 heterocycles. The molecule has 2 aromatic carbocycles. The third kappa shape index (κ3) is 4.56. The first kappa shape index (κ1) is 19.5. The SMILES string of the molecule is CCOC(=O)C1=C(O)C(=Cc2ccccc2Cl)SC1=Nc1ccc(Cl)cc1. The number of thioether (sulfide) groups is 1. The summed E-state index contributed by atoms with van der Waals surface area (Å²) >= 11 is 13.3. The molecular weight excluding hydrogens is 405 g/mol. The van der Waals surface area contributed by atoms with E-state index in [1.807, 2.05) is 18.2 Å². The fraction of sp³-hybridized carbons (Fsp3) is 0.100. The van der Waals surface area contributed by atoms with Gasteiger partial charge in [0.15, 0.2) is 0 Å². The number of esters is 1. The van der Waals surface area contributed by atoms with Crippen molar-refractivity contribution in [3.8, 4) is 0 Å². The van der Waals surface area contributed by atoms with Gasteiger partial charge in [-0.15, -0.1) is 0 Å². The number of ether oxygens (including phenoxy) is 1. The summed E-state index contributed by atoms with van der Waals surface area (Å²) in [6.45, 7) is 1.90. The van der Waals surface area contributed by atoms with Crippen LogP contribution >= 0.6 is 35.0 Å². The lowest BCUT2D eigenvalue weighted by molar-refractivity contribution is -0.138. The number of hydrogen-bond donors (Lipinski definition) is 1. The van der Waals surface area contributed by atoms with Gasteiger partial charge in [-0.25, -0.2) is 9.79 Å². The molecule has 7 heteroatoms. The normalized spacial score (nSPS) is 17.0. The third-order valence-corrected chi connectivity index (χ3v) is 5.24. The predicted molar refractivity (Wildman–Crippen MR) is 112 cm³/mol. The molecule has 0 spiro atoms. The van der Waals surface area contributed by atoms with E-state index in [1.54, 1.807) is 43.3 Å². The Bertz CT molecular complexity index is 965. The van der Waals surface area contributed by atoms with Crippen LogP contribution in [0.5, 0.6) is 0 Å². The molecule has 0 unspecified atom stereocenters. The molecule has 0 fully saturated rings. The molecule has 2 aromatic rings. The number of benzene rings is 2. The van der Waals surface area contributed by atoms with Crippen LogP contribution in [-0.4, -0.2) is 22.7 Å². The molecule has 1 aliphatic rings. The first-order chi connectivity index (χ1) is 13.0. The number of carbonyl (C=O) groups is 1. The van der Waals surface area contributed by atoms with Gasteiger partial charge in [0.05, 0.1) is 17.2 Å². The van der Waals surface area contributed by atoms with E-state index in [2.05, 4.69) is 4.99 Å². The van der Waals surface area contributed by atoms with Crippen LogP contribution in [0.3, 0.4) is 0 Å². The second-order valence-electron chi connectivity index (χ2n) is 5.47. The molecule has 0 saturated heterocycles. The Hall–Kier alpha value is -2.21. The summed E-state index contributed by atoms with van der Waals surface area (Å²) in [6.07, 6.45) is 1.71. The summed E-state index contributed by atoms with van der Waals surface area (Å²) in [5, 5.41) is 12.1. The fourth-order valence-corrected chi connectivity index (χ4v) is 3.70. The summed E-state index contributed by atoms with van der Waals surface area (Å²) in [7, 11) is 0. The fourth-order valence-electron chi connectivity index (χ4n) is 2.36. The Morgan fingerprint density at radius 2 is 1.89 bits per heavy atom. The largest absolute Gasteiger partial charge is 0.506 e. The Balaban J connectivity index is 2.05. The van der Waals surface area contributed by atoms with Gasteiger partial charge in [0, 0.05) is 10.0 Å². The number of aliphatic hydroxyl groups is 1. The summed E-state index contributed by atoms with van der Waals surface area (Å²) in [5.74, 6) is -0.802. The third-order valence-electron chi connectivity index (χ3n) is 3.62. The van der Waals surface area contributed by atoms with E-state index < -0.39 is 5.97 Å². The van der Waals surface area contributed by atoms with E-state index in [0.717, 1.165) is 5.56 Å². The molecule has 0 bridgehead atoms. The predicted octanol–water partition coefficient (Wildman–Crippen LogP) is 6.19. The van der Waals surface area contributed by atoms with Crippen molar-refractivity contribution in [2.24, 2.45) is 4.99 Å². The van der Waals surface area contributed by atoms with Crippen molar-refractivity contribution in [1.82, 2.24) is 0 Å².